The molecule has 0 unspecified atom stereocenters. The lowest BCUT2D eigenvalue weighted by molar-refractivity contribution is 0.661. The zero-order valence-electron chi connectivity index (χ0n) is 29.8. The number of hydrogen-bond acceptors (Lipinski definition) is 0. The van der Waals surface area contributed by atoms with Gasteiger partial charge in [-0.2, -0.15) is 0 Å². The molecule has 0 fully saturated rings. The van der Waals surface area contributed by atoms with Crippen LogP contribution in [0.5, 0.6) is 0 Å². The fourth-order valence-electron chi connectivity index (χ4n) is 9.36. The molecule has 0 heteroatoms. The Balaban J connectivity index is 1.19. The molecule has 0 heterocycles. The second-order valence-electron chi connectivity index (χ2n) is 15.3. The van der Waals surface area contributed by atoms with Gasteiger partial charge in [-0.15, -0.1) is 0 Å². The number of hydrogen-bond donors (Lipinski definition) is 0. The zero-order valence-corrected chi connectivity index (χ0v) is 29.8. The topological polar surface area (TPSA) is 0 Å². The van der Waals surface area contributed by atoms with Gasteiger partial charge < -0.3 is 0 Å². The predicted molar refractivity (Wildman–Crippen MR) is 228 cm³/mol. The maximum atomic E-state index is 2.46. The van der Waals surface area contributed by atoms with Gasteiger partial charge in [0.2, 0.25) is 0 Å². The Bertz CT molecular complexity index is 3140. The van der Waals surface area contributed by atoms with Crippen molar-refractivity contribution < 1.29 is 0 Å². The molecule has 1 aliphatic rings. The molecule has 0 saturated heterocycles. The number of benzene rings is 10. The van der Waals surface area contributed by atoms with Crippen molar-refractivity contribution in [3.8, 4) is 44.5 Å². The van der Waals surface area contributed by atoms with Crippen LogP contribution in [0, 0.1) is 0 Å². The Hall–Kier alpha value is -6.50. The highest BCUT2D eigenvalue weighted by Crippen LogP contribution is 2.52. The summed E-state index contributed by atoms with van der Waals surface area (Å²) in [4.78, 5) is 0. The Morgan fingerprint density at radius 2 is 0.755 bits per heavy atom. The van der Waals surface area contributed by atoms with E-state index in [2.05, 4.69) is 196 Å². The van der Waals surface area contributed by atoms with E-state index in [0.29, 0.717) is 0 Å². The van der Waals surface area contributed by atoms with E-state index in [0.717, 1.165) is 0 Å². The van der Waals surface area contributed by atoms with Gasteiger partial charge >= 0.3 is 0 Å². The van der Waals surface area contributed by atoms with Crippen molar-refractivity contribution in [2.45, 2.75) is 19.3 Å². The smallest absolute Gasteiger partial charge is 0.0159 e. The van der Waals surface area contributed by atoms with E-state index in [1.807, 2.05) is 0 Å². The van der Waals surface area contributed by atoms with Gasteiger partial charge in [0.15, 0.2) is 0 Å². The molecule has 10 aromatic rings. The lowest BCUT2D eigenvalue weighted by Crippen LogP contribution is -2.15. The summed E-state index contributed by atoms with van der Waals surface area (Å²) in [6.07, 6.45) is 0. The third kappa shape index (κ3) is 4.49. The average molecular weight is 673 g/mol. The van der Waals surface area contributed by atoms with E-state index in [1.54, 1.807) is 0 Å². The zero-order chi connectivity index (χ0) is 35.3. The molecule has 11 rings (SSSR count). The van der Waals surface area contributed by atoms with Crippen molar-refractivity contribution in [3.63, 3.8) is 0 Å². The van der Waals surface area contributed by atoms with Crippen molar-refractivity contribution in [3.05, 3.63) is 193 Å². The van der Waals surface area contributed by atoms with E-state index in [9.17, 15) is 0 Å². The van der Waals surface area contributed by atoms with Gasteiger partial charge in [0.05, 0.1) is 0 Å². The average Bonchev–Trinajstić information content (AvgIpc) is 3.44. The lowest BCUT2D eigenvalue weighted by Gasteiger charge is -2.22. The summed E-state index contributed by atoms with van der Waals surface area (Å²) in [6.45, 7) is 4.77. The van der Waals surface area contributed by atoms with Gasteiger partial charge in [-0.25, -0.2) is 0 Å². The minimum Gasteiger partial charge on any atom is -0.0616 e. The molecular weight excluding hydrogens is 637 g/mol. The van der Waals surface area contributed by atoms with Crippen molar-refractivity contribution in [2.75, 3.05) is 0 Å². The van der Waals surface area contributed by atoms with Crippen molar-refractivity contribution in [1.82, 2.24) is 0 Å². The second kappa shape index (κ2) is 11.2. The van der Waals surface area contributed by atoms with Gasteiger partial charge in [-0.1, -0.05) is 172 Å². The van der Waals surface area contributed by atoms with E-state index in [4.69, 9.17) is 0 Å². The molecule has 53 heavy (non-hydrogen) atoms. The van der Waals surface area contributed by atoms with Crippen molar-refractivity contribution >= 4 is 53.9 Å². The summed E-state index contributed by atoms with van der Waals surface area (Å²) in [5, 5.41) is 12.7. The van der Waals surface area contributed by atoms with Gasteiger partial charge in [-0.3, -0.25) is 0 Å². The van der Waals surface area contributed by atoms with Gasteiger partial charge in [0.1, 0.15) is 0 Å². The van der Waals surface area contributed by atoms with Crippen LogP contribution < -0.4 is 0 Å². The fourth-order valence-corrected chi connectivity index (χ4v) is 9.36. The summed E-state index contributed by atoms with van der Waals surface area (Å²) in [5.74, 6) is 0. The van der Waals surface area contributed by atoms with Crippen LogP contribution in [-0.2, 0) is 5.41 Å². The first-order valence-electron chi connectivity index (χ1n) is 18.7. The molecule has 0 amide bonds. The molecule has 0 nitrogen and oxygen atoms in total. The highest BCUT2D eigenvalue weighted by atomic mass is 14.4. The van der Waals surface area contributed by atoms with Crippen LogP contribution in [0.1, 0.15) is 25.0 Å². The third-order valence-electron chi connectivity index (χ3n) is 12.0. The molecular formula is C53H36. The Labute approximate surface area is 309 Å². The molecule has 1 aliphatic carbocycles. The SMILES string of the molecule is CC1(C)c2cc(-c3ccc4c(-c5ccc6ccccc6c5)c5ccccc5c(-c5ccc6ccccc6c5)c4c3)ccc2-c2c1ccc1ccccc21. The van der Waals surface area contributed by atoms with Crippen LogP contribution in [0.4, 0.5) is 0 Å². The maximum absolute atomic E-state index is 2.46. The molecule has 0 aromatic heterocycles. The number of fused-ring (bicyclic) bond motifs is 9. The van der Waals surface area contributed by atoms with Gasteiger partial charge in [0, 0.05) is 5.41 Å². The molecule has 0 aliphatic heterocycles. The first kappa shape index (κ1) is 30.2. The minimum absolute atomic E-state index is 0.0999. The lowest BCUT2D eigenvalue weighted by atomic mass is 9.81. The number of rotatable bonds is 3. The highest BCUT2D eigenvalue weighted by Gasteiger charge is 2.36. The molecule has 0 bridgehead atoms. The Morgan fingerprint density at radius 1 is 0.283 bits per heavy atom. The van der Waals surface area contributed by atoms with Crippen LogP contribution in [-0.4, -0.2) is 0 Å². The fraction of sp³-hybridized carbons (Fsp3) is 0.0566. The van der Waals surface area contributed by atoms with E-state index >= 15 is 0 Å². The molecule has 0 atom stereocenters. The Morgan fingerprint density at radius 3 is 1.42 bits per heavy atom. The predicted octanol–water partition coefficient (Wildman–Crippen LogP) is 14.8. The van der Waals surface area contributed by atoms with Gasteiger partial charge in [-0.05, 0) is 134 Å². The first-order valence-corrected chi connectivity index (χ1v) is 18.7. The summed E-state index contributed by atoms with van der Waals surface area (Å²) in [6, 6.07) is 68.1. The minimum atomic E-state index is -0.0999. The molecule has 10 aromatic carbocycles. The van der Waals surface area contributed by atoms with Crippen LogP contribution >= 0.6 is 0 Å². The summed E-state index contributed by atoms with van der Waals surface area (Å²) >= 11 is 0. The van der Waals surface area contributed by atoms with E-state index < -0.39 is 0 Å². The normalized spacial score (nSPS) is 13.2. The second-order valence-corrected chi connectivity index (χ2v) is 15.3. The largest absolute Gasteiger partial charge is 0.0616 e. The molecule has 248 valence electrons. The molecule has 0 spiro atoms. The maximum Gasteiger partial charge on any atom is 0.0159 e. The molecule has 0 N–H and O–H groups in total. The summed E-state index contributed by atoms with van der Waals surface area (Å²) in [5.41, 5.74) is 13.0. The van der Waals surface area contributed by atoms with Crippen LogP contribution in [0.25, 0.3) is 98.4 Å². The van der Waals surface area contributed by atoms with Crippen LogP contribution in [0.15, 0.2) is 182 Å². The summed E-state index contributed by atoms with van der Waals surface area (Å²) < 4.78 is 0. The van der Waals surface area contributed by atoms with Crippen molar-refractivity contribution in [1.29, 1.82) is 0 Å². The van der Waals surface area contributed by atoms with Gasteiger partial charge in [0.25, 0.3) is 0 Å². The van der Waals surface area contributed by atoms with E-state index in [1.165, 1.54) is 109 Å². The quantitative estimate of drug-likeness (QED) is 0.164. The first-order chi connectivity index (χ1) is 26.0. The molecule has 0 radical (unpaired) electrons. The van der Waals surface area contributed by atoms with Crippen LogP contribution in [0.3, 0.4) is 0 Å². The Kier molecular flexibility index (Phi) is 6.40. The van der Waals surface area contributed by atoms with Crippen molar-refractivity contribution in [2.24, 2.45) is 0 Å². The highest BCUT2D eigenvalue weighted by molar-refractivity contribution is 6.22. The standard InChI is InChI=1S/C53H36/c1-53(2)48-28-25-35-13-7-8-16-42(35)52(48)46-27-24-39(32-49(46)53)38-23-26-45-47(31-38)51(41-22-20-34-12-4-6-15-37(34)30-41)44-18-10-9-17-43(44)50(45)40-21-19-33-11-3-5-14-36(33)29-40/h3-32H,1-2H3. The van der Waals surface area contributed by atoms with Crippen LogP contribution in [0.2, 0.25) is 0 Å². The monoisotopic (exact) mass is 672 g/mol. The third-order valence-corrected chi connectivity index (χ3v) is 12.0. The molecule has 0 saturated carbocycles. The van der Waals surface area contributed by atoms with E-state index in [-0.39, 0.29) is 5.41 Å². The summed E-state index contributed by atoms with van der Waals surface area (Å²) in [7, 11) is 0.